The van der Waals surface area contributed by atoms with Crippen LogP contribution in [0.5, 0.6) is 0 Å². The fourth-order valence-electron chi connectivity index (χ4n) is 2.74. The lowest BCUT2D eigenvalue weighted by atomic mass is 9.78. The molecule has 8 heteroatoms. The molecule has 0 radical (unpaired) electrons. The zero-order valence-electron chi connectivity index (χ0n) is 13.0. The number of amides is 2. The molecule has 0 bridgehead atoms. The standard InChI is InChI=1S/C15H20N6O2/c1-10(22)17-12-7-11(8-12)13-9-14(20-19-13)18-15(23)3-6-21-5-2-4-16-21/h2,4-5,9,11-12H,3,6-8H2,1H3,(H,17,22)(H2,18,19,20,23)/t11-,12+. The summed E-state index contributed by atoms with van der Waals surface area (Å²) in [6, 6.07) is 3.92. The van der Waals surface area contributed by atoms with Crippen LogP contribution in [0.25, 0.3) is 0 Å². The van der Waals surface area contributed by atoms with Crippen LogP contribution in [-0.2, 0) is 16.1 Å². The van der Waals surface area contributed by atoms with E-state index in [2.05, 4.69) is 25.9 Å². The Bertz CT molecular complexity index is 672. The highest BCUT2D eigenvalue weighted by molar-refractivity contribution is 5.89. The van der Waals surface area contributed by atoms with Gasteiger partial charge in [-0.15, -0.1) is 0 Å². The summed E-state index contributed by atoms with van der Waals surface area (Å²) in [7, 11) is 0. The van der Waals surface area contributed by atoms with Gasteiger partial charge in [-0.05, 0) is 18.9 Å². The smallest absolute Gasteiger partial charge is 0.227 e. The number of hydrogen-bond donors (Lipinski definition) is 3. The molecule has 3 N–H and O–H groups in total. The summed E-state index contributed by atoms with van der Waals surface area (Å²) < 4.78 is 1.72. The monoisotopic (exact) mass is 316 g/mol. The van der Waals surface area contributed by atoms with E-state index in [9.17, 15) is 9.59 Å². The number of nitrogens with one attached hydrogen (secondary N) is 3. The van der Waals surface area contributed by atoms with Gasteiger partial charge in [0.1, 0.15) is 5.82 Å². The predicted octanol–water partition coefficient (Wildman–Crippen LogP) is 1.02. The zero-order chi connectivity index (χ0) is 16.2. The van der Waals surface area contributed by atoms with E-state index in [0.717, 1.165) is 18.5 Å². The van der Waals surface area contributed by atoms with Gasteiger partial charge in [-0.3, -0.25) is 19.4 Å². The van der Waals surface area contributed by atoms with Crippen molar-refractivity contribution < 1.29 is 9.59 Å². The average Bonchev–Trinajstić information content (AvgIpc) is 3.11. The minimum atomic E-state index is -0.0829. The molecule has 2 amide bonds. The zero-order valence-corrected chi connectivity index (χ0v) is 13.0. The number of aryl methyl sites for hydroxylation is 1. The molecule has 0 atom stereocenters. The number of carbonyl (C=O) groups excluding carboxylic acids is 2. The first-order valence-electron chi connectivity index (χ1n) is 7.70. The van der Waals surface area contributed by atoms with E-state index in [1.165, 1.54) is 6.92 Å². The number of aromatic nitrogens is 4. The molecule has 23 heavy (non-hydrogen) atoms. The molecule has 122 valence electrons. The molecule has 0 unspecified atom stereocenters. The van der Waals surface area contributed by atoms with E-state index < -0.39 is 0 Å². The van der Waals surface area contributed by atoms with Crippen LogP contribution in [0.4, 0.5) is 5.82 Å². The minimum absolute atomic E-state index is 0.000567. The Morgan fingerprint density at radius 2 is 2.26 bits per heavy atom. The van der Waals surface area contributed by atoms with Crippen molar-refractivity contribution in [3.8, 4) is 0 Å². The first kappa shape index (κ1) is 15.3. The molecule has 1 saturated carbocycles. The molecule has 0 aromatic carbocycles. The van der Waals surface area contributed by atoms with Crippen molar-refractivity contribution in [2.24, 2.45) is 0 Å². The number of nitrogens with zero attached hydrogens (tertiary/aromatic N) is 3. The van der Waals surface area contributed by atoms with Crippen molar-refractivity contribution >= 4 is 17.6 Å². The number of H-pyrrole nitrogens is 1. The highest BCUT2D eigenvalue weighted by atomic mass is 16.2. The normalized spacial score (nSPS) is 19.9. The SMILES string of the molecule is CC(=O)N[C@H]1C[C@@H](c2cc(NC(=O)CCn3cccn3)[nH]n2)C1. The van der Waals surface area contributed by atoms with Gasteiger partial charge in [0, 0.05) is 50.3 Å². The van der Waals surface area contributed by atoms with E-state index in [1.54, 1.807) is 10.9 Å². The van der Waals surface area contributed by atoms with Gasteiger partial charge in [-0.2, -0.15) is 10.2 Å². The van der Waals surface area contributed by atoms with E-state index in [-0.39, 0.29) is 17.9 Å². The third-order valence-corrected chi connectivity index (χ3v) is 3.96. The van der Waals surface area contributed by atoms with Crippen LogP contribution in [0, 0.1) is 0 Å². The van der Waals surface area contributed by atoms with Gasteiger partial charge in [0.15, 0.2) is 0 Å². The molecular weight excluding hydrogens is 296 g/mol. The Labute approximate surface area is 133 Å². The summed E-state index contributed by atoms with van der Waals surface area (Å²) in [5, 5.41) is 16.8. The largest absolute Gasteiger partial charge is 0.354 e. The number of carbonyl (C=O) groups is 2. The second-order valence-electron chi connectivity index (χ2n) is 5.84. The van der Waals surface area contributed by atoms with Crippen LogP contribution < -0.4 is 10.6 Å². The summed E-state index contributed by atoms with van der Waals surface area (Å²) in [4.78, 5) is 22.9. The Morgan fingerprint density at radius 1 is 1.43 bits per heavy atom. The number of rotatable bonds is 6. The lowest BCUT2D eigenvalue weighted by Gasteiger charge is -2.34. The molecule has 2 aromatic heterocycles. The van der Waals surface area contributed by atoms with Crippen molar-refractivity contribution in [2.75, 3.05) is 5.32 Å². The van der Waals surface area contributed by atoms with Gasteiger partial charge in [-0.25, -0.2) is 0 Å². The fraction of sp³-hybridized carbons (Fsp3) is 0.467. The lowest BCUT2D eigenvalue weighted by Crippen LogP contribution is -2.42. The molecule has 8 nitrogen and oxygen atoms in total. The fourth-order valence-corrected chi connectivity index (χ4v) is 2.74. The molecule has 0 spiro atoms. The van der Waals surface area contributed by atoms with E-state index in [4.69, 9.17) is 0 Å². The molecule has 1 aliphatic carbocycles. The summed E-state index contributed by atoms with van der Waals surface area (Å²) >= 11 is 0. The van der Waals surface area contributed by atoms with Crippen LogP contribution in [0.15, 0.2) is 24.5 Å². The third-order valence-electron chi connectivity index (χ3n) is 3.96. The average molecular weight is 316 g/mol. The predicted molar refractivity (Wildman–Crippen MR) is 83.6 cm³/mol. The van der Waals surface area contributed by atoms with Crippen LogP contribution >= 0.6 is 0 Å². The van der Waals surface area contributed by atoms with Crippen LogP contribution in [-0.4, -0.2) is 37.8 Å². The highest BCUT2D eigenvalue weighted by Crippen LogP contribution is 2.36. The van der Waals surface area contributed by atoms with Crippen molar-refractivity contribution in [3.63, 3.8) is 0 Å². The van der Waals surface area contributed by atoms with Gasteiger partial charge in [0.05, 0.1) is 5.69 Å². The molecule has 1 fully saturated rings. The van der Waals surface area contributed by atoms with E-state index in [1.807, 2.05) is 18.3 Å². The van der Waals surface area contributed by atoms with Crippen molar-refractivity contribution in [3.05, 3.63) is 30.2 Å². The van der Waals surface area contributed by atoms with Crippen molar-refractivity contribution in [1.29, 1.82) is 0 Å². The summed E-state index contributed by atoms with van der Waals surface area (Å²) in [6.45, 7) is 2.07. The molecule has 0 aliphatic heterocycles. The minimum Gasteiger partial charge on any atom is -0.354 e. The van der Waals surface area contributed by atoms with E-state index >= 15 is 0 Å². The Kier molecular flexibility index (Phi) is 4.40. The Balaban J connectivity index is 1.44. The maximum atomic E-state index is 11.9. The second-order valence-corrected chi connectivity index (χ2v) is 5.84. The number of anilines is 1. The van der Waals surface area contributed by atoms with Crippen LogP contribution in [0.1, 0.15) is 37.8 Å². The molecular formula is C15H20N6O2. The second kappa shape index (κ2) is 6.64. The molecule has 2 aromatic rings. The third kappa shape index (κ3) is 3.97. The van der Waals surface area contributed by atoms with Gasteiger partial charge >= 0.3 is 0 Å². The van der Waals surface area contributed by atoms with Crippen molar-refractivity contribution in [1.82, 2.24) is 25.3 Å². The van der Waals surface area contributed by atoms with Gasteiger partial charge in [-0.1, -0.05) is 0 Å². The van der Waals surface area contributed by atoms with Gasteiger partial charge in [0.2, 0.25) is 11.8 Å². The first-order chi connectivity index (χ1) is 11.1. The Morgan fingerprint density at radius 3 is 2.96 bits per heavy atom. The Hall–Kier alpha value is -2.64. The summed E-state index contributed by atoms with van der Waals surface area (Å²) in [5.41, 5.74) is 0.925. The molecule has 1 aliphatic rings. The van der Waals surface area contributed by atoms with Crippen LogP contribution in [0.3, 0.4) is 0 Å². The first-order valence-corrected chi connectivity index (χ1v) is 7.70. The van der Waals surface area contributed by atoms with Gasteiger partial charge in [0.25, 0.3) is 0 Å². The topological polar surface area (TPSA) is 105 Å². The van der Waals surface area contributed by atoms with Gasteiger partial charge < -0.3 is 10.6 Å². The molecule has 2 heterocycles. The molecule has 0 saturated heterocycles. The summed E-state index contributed by atoms with van der Waals surface area (Å²) in [6.07, 6.45) is 5.63. The molecule has 3 rings (SSSR count). The number of aromatic amines is 1. The van der Waals surface area contributed by atoms with E-state index in [0.29, 0.717) is 24.7 Å². The van der Waals surface area contributed by atoms with Crippen LogP contribution in [0.2, 0.25) is 0 Å². The summed E-state index contributed by atoms with van der Waals surface area (Å²) in [5.74, 6) is 0.854. The maximum Gasteiger partial charge on any atom is 0.227 e. The quantitative estimate of drug-likeness (QED) is 0.740. The van der Waals surface area contributed by atoms with Crippen molar-refractivity contribution in [2.45, 2.75) is 44.7 Å². The maximum absolute atomic E-state index is 11.9. The highest BCUT2D eigenvalue weighted by Gasteiger charge is 2.32. The number of hydrogen-bond acceptors (Lipinski definition) is 4. The lowest BCUT2D eigenvalue weighted by molar-refractivity contribution is -0.120.